The molecule has 0 saturated heterocycles. The van der Waals surface area contributed by atoms with Gasteiger partial charge in [-0.1, -0.05) is 30.3 Å². The maximum Gasteiger partial charge on any atom is 0.133 e. The number of rotatable bonds is 11. The zero-order valence-corrected chi connectivity index (χ0v) is 28.7. The van der Waals surface area contributed by atoms with Gasteiger partial charge >= 0.3 is 0 Å². The van der Waals surface area contributed by atoms with Crippen molar-refractivity contribution in [2.45, 2.75) is 38.5 Å². The van der Waals surface area contributed by atoms with Gasteiger partial charge in [-0.3, -0.25) is 0 Å². The van der Waals surface area contributed by atoms with Crippen LogP contribution in [0.15, 0.2) is 54.6 Å². The van der Waals surface area contributed by atoms with Gasteiger partial charge in [0, 0.05) is 27.7 Å². The number of aromatic hydroxyl groups is 2. The van der Waals surface area contributed by atoms with E-state index in [9.17, 15) is 10.2 Å². The van der Waals surface area contributed by atoms with Crippen molar-refractivity contribution in [3.63, 3.8) is 0 Å². The summed E-state index contributed by atoms with van der Waals surface area (Å²) in [7, 11) is 26.0. The number of nitrogens with zero attached hydrogens (tertiary/aromatic N) is 4. The van der Waals surface area contributed by atoms with Gasteiger partial charge in [0.05, 0.1) is 84.6 Å². The summed E-state index contributed by atoms with van der Waals surface area (Å²) in [5.74, 6) is 0.801. The smallest absolute Gasteiger partial charge is 0.133 e. The largest absolute Gasteiger partial charge is 0.507 e. The quantitative estimate of drug-likeness (QED) is 0.240. The van der Waals surface area contributed by atoms with Crippen LogP contribution in [0.3, 0.4) is 0 Å². The molecule has 0 aromatic heterocycles. The van der Waals surface area contributed by atoms with E-state index >= 15 is 0 Å². The molecule has 0 bridgehead atoms. The summed E-state index contributed by atoms with van der Waals surface area (Å²) in [6.07, 6.45) is 0. The zero-order chi connectivity index (χ0) is 31.9. The van der Waals surface area contributed by atoms with E-state index in [0.717, 1.165) is 33.4 Å². The number of hydrogen-bond acceptors (Lipinski definition) is 2. The number of phenols is 2. The molecule has 0 spiro atoms. The first-order valence-electron chi connectivity index (χ1n) is 15.0. The summed E-state index contributed by atoms with van der Waals surface area (Å²) in [6.45, 7) is 5.15. The fourth-order valence-electron chi connectivity index (χ4n) is 5.90. The molecule has 6 nitrogen and oxygen atoms in total. The van der Waals surface area contributed by atoms with Crippen LogP contribution >= 0.6 is 0 Å². The Balaban J connectivity index is 2.46. The predicted molar refractivity (Wildman–Crippen MR) is 175 cm³/mol. The molecule has 0 aliphatic carbocycles. The highest BCUT2D eigenvalue weighted by Gasteiger charge is 2.36. The van der Waals surface area contributed by atoms with Gasteiger partial charge in [-0.25, -0.2) is 0 Å². The molecule has 0 amide bonds. The van der Waals surface area contributed by atoms with Gasteiger partial charge in [-0.15, -0.1) is 0 Å². The highest BCUT2D eigenvalue weighted by atomic mass is 16.3. The van der Waals surface area contributed by atoms with Gasteiger partial charge in [-0.2, -0.15) is 0 Å². The molecule has 3 aromatic rings. The lowest BCUT2D eigenvalue weighted by Gasteiger charge is -2.36. The maximum absolute atomic E-state index is 11.6. The number of hydrogen-bond donors (Lipinski definition) is 2. The highest BCUT2D eigenvalue weighted by Crippen LogP contribution is 2.44. The molecule has 0 aliphatic rings. The molecule has 0 heterocycles. The Hall–Kier alpha value is -2.90. The number of quaternary nitrogens is 4. The second kappa shape index (κ2) is 11.6. The average molecular weight is 579 g/mol. The fraction of sp³-hybridized carbons (Fsp3) is 0.500. The summed E-state index contributed by atoms with van der Waals surface area (Å²) in [4.78, 5) is 0. The van der Waals surface area contributed by atoms with Crippen LogP contribution in [0.2, 0.25) is 0 Å². The molecule has 0 atom stereocenters. The van der Waals surface area contributed by atoms with Gasteiger partial charge in [-0.05, 0) is 47.9 Å². The lowest BCUT2D eigenvalue weighted by Crippen LogP contribution is -2.36. The molecule has 0 saturated carbocycles. The third-order valence-electron chi connectivity index (χ3n) is 7.62. The molecule has 0 radical (unpaired) electrons. The molecule has 230 valence electrons. The molecular formula is C36H58N4O2+4. The van der Waals surface area contributed by atoms with Crippen molar-refractivity contribution < 1.29 is 28.1 Å². The van der Waals surface area contributed by atoms with Gasteiger partial charge in [0.2, 0.25) is 0 Å². The second-order valence-corrected chi connectivity index (χ2v) is 16.6. The summed E-state index contributed by atoms with van der Waals surface area (Å²) in [6, 6.07) is 19.6. The molecule has 0 fully saturated rings. The Morgan fingerprint density at radius 3 is 0.952 bits per heavy atom. The van der Waals surface area contributed by atoms with Gasteiger partial charge < -0.3 is 28.1 Å². The Kier molecular flexibility index (Phi) is 9.32. The number of phenolic OH excluding ortho intramolecular Hbond substituents is 2. The van der Waals surface area contributed by atoms with Crippen molar-refractivity contribution in [1.29, 1.82) is 0 Å². The SMILES string of the molecule is CC(c1ccccc1)(c1cc(C[N+](C)(C)C)c(O)c(C[N+](C)(C)C)c1)c1cc(C[N+](C)(C)C)c(O)c(C[N+](C)(C)C)c1. The lowest BCUT2D eigenvalue weighted by atomic mass is 9.69. The van der Waals surface area contributed by atoms with E-state index in [2.05, 4.69) is 146 Å². The van der Waals surface area contributed by atoms with Crippen LogP contribution in [-0.4, -0.2) is 113 Å². The minimum atomic E-state index is -0.527. The van der Waals surface area contributed by atoms with E-state index in [1.165, 1.54) is 5.56 Å². The Bertz CT molecular complexity index is 1230. The molecule has 3 rings (SSSR count). The van der Waals surface area contributed by atoms with Crippen LogP contribution in [0.5, 0.6) is 11.5 Å². The van der Waals surface area contributed by atoms with Crippen LogP contribution in [0.25, 0.3) is 0 Å². The van der Waals surface area contributed by atoms with E-state index in [-0.39, 0.29) is 0 Å². The first-order chi connectivity index (χ1) is 19.0. The topological polar surface area (TPSA) is 40.5 Å². The Morgan fingerprint density at radius 1 is 0.452 bits per heavy atom. The third kappa shape index (κ3) is 8.57. The summed E-state index contributed by atoms with van der Waals surface area (Å²) in [5.41, 5.74) is 6.80. The minimum absolute atomic E-state index is 0.400. The van der Waals surface area contributed by atoms with Crippen LogP contribution < -0.4 is 0 Å². The highest BCUT2D eigenvalue weighted by molar-refractivity contribution is 5.57. The zero-order valence-electron chi connectivity index (χ0n) is 28.7. The van der Waals surface area contributed by atoms with E-state index in [1.54, 1.807) is 0 Å². The fourth-order valence-corrected chi connectivity index (χ4v) is 5.90. The molecule has 2 N–H and O–H groups in total. The first kappa shape index (κ1) is 33.6. The van der Waals surface area contributed by atoms with Gasteiger partial charge in [0.15, 0.2) is 0 Å². The average Bonchev–Trinajstić information content (AvgIpc) is 2.80. The lowest BCUT2D eigenvalue weighted by molar-refractivity contribution is -0.884. The standard InChI is InChI=1S/C36H56N4O2/c1-36(31-17-15-14-16-18-31,32-19-27(23-37(2,3)4)34(41)28(20-32)24-38(5,6)7)33-21-29(25-39(8,9)10)35(42)30(22-33)26-40(11,12)13/h14-22H,23-26H2,1-13H3/q+2/p+2. The third-order valence-corrected chi connectivity index (χ3v) is 7.62. The number of benzene rings is 3. The molecule has 6 heteroatoms. The molecule has 0 aliphatic heterocycles. The minimum Gasteiger partial charge on any atom is -0.507 e. The van der Waals surface area contributed by atoms with Crippen molar-refractivity contribution in [2.75, 3.05) is 84.6 Å². The van der Waals surface area contributed by atoms with Crippen molar-refractivity contribution >= 4 is 0 Å². The van der Waals surface area contributed by atoms with Crippen molar-refractivity contribution in [3.8, 4) is 11.5 Å². The van der Waals surface area contributed by atoms with Crippen molar-refractivity contribution in [2.24, 2.45) is 0 Å². The van der Waals surface area contributed by atoms with Crippen molar-refractivity contribution in [3.05, 3.63) is 93.5 Å². The monoisotopic (exact) mass is 578 g/mol. The van der Waals surface area contributed by atoms with E-state index in [4.69, 9.17) is 0 Å². The van der Waals surface area contributed by atoms with E-state index < -0.39 is 5.41 Å². The first-order valence-corrected chi connectivity index (χ1v) is 15.0. The van der Waals surface area contributed by atoms with Gasteiger partial charge in [0.1, 0.15) is 37.7 Å². The molecule has 3 aromatic carbocycles. The Labute approximate surface area is 256 Å². The summed E-state index contributed by atoms with van der Waals surface area (Å²) >= 11 is 0. The van der Waals surface area contributed by atoms with Crippen LogP contribution in [0.1, 0.15) is 45.9 Å². The van der Waals surface area contributed by atoms with Crippen molar-refractivity contribution in [1.82, 2.24) is 0 Å². The molecule has 0 unspecified atom stereocenters. The normalized spacial score (nSPS) is 13.5. The van der Waals surface area contributed by atoms with E-state index in [1.807, 2.05) is 0 Å². The van der Waals surface area contributed by atoms with Gasteiger partial charge in [0.25, 0.3) is 0 Å². The van der Waals surface area contributed by atoms with Crippen LogP contribution in [0, 0.1) is 0 Å². The van der Waals surface area contributed by atoms with Crippen LogP contribution in [-0.2, 0) is 31.6 Å². The maximum atomic E-state index is 11.6. The van der Waals surface area contributed by atoms with E-state index in [0.29, 0.717) is 55.6 Å². The van der Waals surface area contributed by atoms with Crippen LogP contribution in [0.4, 0.5) is 0 Å². The predicted octanol–water partition coefficient (Wildman–Crippen LogP) is 5.28. The summed E-state index contributed by atoms with van der Waals surface area (Å²) in [5, 5.41) is 23.1. The Morgan fingerprint density at radius 2 is 0.714 bits per heavy atom. The summed E-state index contributed by atoms with van der Waals surface area (Å²) < 4.78 is 2.85. The molecule has 42 heavy (non-hydrogen) atoms. The second-order valence-electron chi connectivity index (χ2n) is 16.6. The molecular weight excluding hydrogens is 520 g/mol.